The van der Waals surface area contributed by atoms with Crippen molar-refractivity contribution in [1.29, 1.82) is 0 Å². The molecule has 1 fully saturated rings. The standard InChI is InChI=1S/C21H21NO4/c1-25-19-11-7-16(8-12-19)4-3-15-5-9-18(10-6-15)22-14-17(13-20(22)23)21(24)26-2/h3-12,17H,13-14H2,1-2H3/b4-3+/t17-/m0/s1. The highest BCUT2D eigenvalue weighted by Crippen LogP contribution is 2.26. The molecule has 0 bridgehead atoms. The number of hydrogen-bond acceptors (Lipinski definition) is 4. The number of rotatable bonds is 5. The summed E-state index contributed by atoms with van der Waals surface area (Å²) in [6.07, 6.45) is 4.23. The van der Waals surface area contributed by atoms with Crippen molar-refractivity contribution < 1.29 is 19.1 Å². The van der Waals surface area contributed by atoms with Crippen molar-refractivity contribution in [3.05, 3.63) is 59.7 Å². The summed E-state index contributed by atoms with van der Waals surface area (Å²) in [7, 11) is 2.99. The molecule has 0 aliphatic carbocycles. The number of nitrogens with zero attached hydrogens (tertiary/aromatic N) is 1. The normalized spacial score (nSPS) is 16.9. The highest BCUT2D eigenvalue weighted by atomic mass is 16.5. The molecule has 2 aromatic rings. The molecule has 0 N–H and O–H groups in total. The first kappa shape index (κ1) is 17.7. The number of anilines is 1. The zero-order valence-electron chi connectivity index (χ0n) is 14.8. The van der Waals surface area contributed by atoms with Gasteiger partial charge >= 0.3 is 5.97 Å². The third kappa shape index (κ3) is 3.94. The average Bonchev–Trinajstić information content (AvgIpc) is 3.08. The van der Waals surface area contributed by atoms with E-state index in [4.69, 9.17) is 9.47 Å². The molecule has 26 heavy (non-hydrogen) atoms. The Balaban J connectivity index is 1.67. The van der Waals surface area contributed by atoms with Crippen molar-refractivity contribution in [1.82, 2.24) is 0 Å². The van der Waals surface area contributed by atoms with E-state index < -0.39 is 0 Å². The topological polar surface area (TPSA) is 55.8 Å². The lowest BCUT2D eigenvalue weighted by atomic mass is 10.1. The molecule has 0 unspecified atom stereocenters. The maximum atomic E-state index is 12.1. The van der Waals surface area contributed by atoms with Gasteiger partial charge in [0.05, 0.1) is 20.1 Å². The first-order valence-corrected chi connectivity index (χ1v) is 8.41. The lowest BCUT2D eigenvalue weighted by Crippen LogP contribution is -2.26. The monoisotopic (exact) mass is 351 g/mol. The molecule has 5 heteroatoms. The lowest BCUT2D eigenvalue weighted by Gasteiger charge is -2.16. The molecule has 2 aromatic carbocycles. The summed E-state index contributed by atoms with van der Waals surface area (Å²) in [4.78, 5) is 25.4. The van der Waals surface area contributed by atoms with Gasteiger partial charge < -0.3 is 14.4 Å². The van der Waals surface area contributed by atoms with E-state index in [1.165, 1.54) is 7.11 Å². The smallest absolute Gasteiger partial charge is 0.311 e. The Morgan fingerprint density at radius 1 is 1.00 bits per heavy atom. The molecular weight excluding hydrogens is 330 g/mol. The Labute approximate surface area is 152 Å². The molecule has 0 spiro atoms. The number of esters is 1. The van der Waals surface area contributed by atoms with Gasteiger partial charge in [-0.2, -0.15) is 0 Å². The van der Waals surface area contributed by atoms with Crippen LogP contribution in [0.3, 0.4) is 0 Å². The molecule has 1 saturated heterocycles. The summed E-state index contributed by atoms with van der Waals surface area (Å²) >= 11 is 0. The van der Waals surface area contributed by atoms with E-state index in [1.807, 2.05) is 60.7 Å². The molecule has 1 aliphatic rings. The number of hydrogen-bond donors (Lipinski definition) is 0. The van der Waals surface area contributed by atoms with Crippen LogP contribution in [-0.2, 0) is 14.3 Å². The zero-order chi connectivity index (χ0) is 18.5. The number of amides is 1. The molecule has 1 amide bonds. The van der Waals surface area contributed by atoms with Crippen LogP contribution in [0.25, 0.3) is 12.2 Å². The first-order valence-electron chi connectivity index (χ1n) is 8.41. The van der Waals surface area contributed by atoms with E-state index in [2.05, 4.69) is 0 Å². The van der Waals surface area contributed by atoms with Gasteiger partial charge in [-0.3, -0.25) is 9.59 Å². The Hall–Kier alpha value is -3.08. The molecule has 1 atom stereocenters. The SMILES string of the molecule is COC(=O)[C@H]1CC(=O)N(c2ccc(/C=C/c3ccc(OC)cc3)cc2)C1. The highest BCUT2D eigenvalue weighted by molar-refractivity contribution is 5.99. The molecule has 0 radical (unpaired) electrons. The Morgan fingerprint density at radius 2 is 1.58 bits per heavy atom. The van der Waals surface area contributed by atoms with Gasteiger partial charge in [-0.1, -0.05) is 36.4 Å². The molecule has 134 valence electrons. The van der Waals surface area contributed by atoms with E-state index in [-0.39, 0.29) is 24.2 Å². The molecule has 1 aliphatic heterocycles. The summed E-state index contributed by atoms with van der Waals surface area (Å²) in [5, 5.41) is 0. The molecule has 3 rings (SSSR count). The maximum absolute atomic E-state index is 12.1. The maximum Gasteiger partial charge on any atom is 0.311 e. The van der Waals surface area contributed by atoms with Gasteiger partial charge in [0.15, 0.2) is 0 Å². The number of benzene rings is 2. The van der Waals surface area contributed by atoms with Crippen LogP contribution in [0, 0.1) is 5.92 Å². The van der Waals surface area contributed by atoms with Gasteiger partial charge in [-0.15, -0.1) is 0 Å². The summed E-state index contributed by atoms with van der Waals surface area (Å²) in [5.74, 6) is 0.0519. The van der Waals surface area contributed by atoms with Crippen LogP contribution in [0.15, 0.2) is 48.5 Å². The second-order valence-electron chi connectivity index (χ2n) is 6.13. The largest absolute Gasteiger partial charge is 0.497 e. The van der Waals surface area contributed by atoms with Crippen molar-refractivity contribution in [2.24, 2.45) is 5.92 Å². The van der Waals surface area contributed by atoms with Gasteiger partial charge in [0.2, 0.25) is 5.91 Å². The summed E-state index contributed by atoms with van der Waals surface area (Å²) in [5.41, 5.74) is 2.90. The van der Waals surface area contributed by atoms with E-state index in [0.29, 0.717) is 6.54 Å². The van der Waals surface area contributed by atoms with Crippen LogP contribution in [-0.4, -0.2) is 32.6 Å². The number of ether oxygens (including phenoxy) is 2. The third-order valence-electron chi connectivity index (χ3n) is 4.45. The first-order chi connectivity index (χ1) is 12.6. The van der Waals surface area contributed by atoms with Crippen LogP contribution < -0.4 is 9.64 Å². The minimum absolute atomic E-state index is 0.0538. The number of methoxy groups -OCH3 is 2. The van der Waals surface area contributed by atoms with Crippen molar-refractivity contribution in [2.45, 2.75) is 6.42 Å². The molecular formula is C21H21NO4. The highest BCUT2D eigenvalue weighted by Gasteiger charge is 2.35. The summed E-state index contributed by atoms with van der Waals surface area (Å²) < 4.78 is 9.89. The minimum atomic E-state index is -0.387. The number of carbonyl (C=O) groups excluding carboxylic acids is 2. The Kier molecular flexibility index (Phi) is 5.37. The van der Waals surface area contributed by atoms with Crippen LogP contribution in [0.2, 0.25) is 0 Å². The predicted molar refractivity (Wildman–Crippen MR) is 101 cm³/mol. The van der Waals surface area contributed by atoms with Crippen molar-refractivity contribution >= 4 is 29.7 Å². The fourth-order valence-corrected chi connectivity index (χ4v) is 2.95. The Bertz CT molecular complexity index is 809. The van der Waals surface area contributed by atoms with E-state index in [1.54, 1.807) is 12.0 Å². The second kappa shape index (κ2) is 7.87. The van der Waals surface area contributed by atoms with Gasteiger partial charge in [0.25, 0.3) is 0 Å². The van der Waals surface area contributed by atoms with Crippen LogP contribution in [0.1, 0.15) is 17.5 Å². The predicted octanol–water partition coefficient (Wildman–Crippen LogP) is 3.39. The van der Waals surface area contributed by atoms with Gasteiger partial charge in [-0.25, -0.2) is 0 Å². The summed E-state index contributed by atoms with van der Waals surface area (Å²) in [6.45, 7) is 0.368. The molecule has 5 nitrogen and oxygen atoms in total. The van der Waals surface area contributed by atoms with Crippen LogP contribution in [0.5, 0.6) is 5.75 Å². The average molecular weight is 351 g/mol. The summed E-state index contributed by atoms with van der Waals surface area (Å²) in [6, 6.07) is 15.5. The van der Waals surface area contributed by atoms with Gasteiger partial charge in [0.1, 0.15) is 5.75 Å². The molecule has 0 saturated carbocycles. The van der Waals surface area contributed by atoms with E-state index in [0.717, 1.165) is 22.6 Å². The lowest BCUT2D eigenvalue weighted by molar-refractivity contribution is -0.145. The Morgan fingerprint density at radius 3 is 2.12 bits per heavy atom. The van der Waals surface area contributed by atoms with E-state index in [9.17, 15) is 9.59 Å². The van der Waals surface area contributed by atoms with E-state index >= 15 is 0 Å². The fraction of sp³-hybridized carbons (Fsp3) is 0.238. The van der Waals surface area contributed by atoms with Crippen LogP contribution >= 0.6 is 0 Å². The quantitative estimate of drug-likeness (QED) is 0.612. The molecule has 1 heterocycles. The third-order valence-corrected chi connectivity index (χ3v) is 4.45. The van der Waals surface area contributed by atoms with Crippen molar-refractivity contribution in [3.8, 4) is 5.75 Å². The van der Waals surface area contributed by atoms with Crippen molar-refractivity contribution in [3.63, 3.8) is 0 Å². The minimum Gasteiger partial charge on any atom is -0.497 e. The number of carbonyl (C=O) groups is 2. The van der Waals surface area contributed by atoms with Crippen molar-refractivity contribution in [2.75, 3.05) is 25.7 Å². The molecule has 0 aromatic heterocycles. The zero-order valence-corrected chi connectivity index (χ0v) is 14.8. The fourth-order valence-electron chi connectivity index (χ4n) is 2.95. The van der Waals surface area contributed by atoms with Crippen LogP contribution in [0.4, 0.5) is 5.69 Å². The second-order valence-corrected chi connectivity index (χ2v) is 6.13. The van der Waals surface area contributed by atoms with Gasteiger partial charge in [0, 0.05) is 18.7 Å². The van der Waals surface area contributed by atoms with Gasteiger partial charge in [-0.05, 0) is 35.4 Å².